The summed E-state index contributed by atoms with van der Waals surface area (Å²) < 4.78 is 32.4. The molecule has 0 aromatic heterocycles. The summed E-state index contributed by atoms with van der Waals surface area (Å²) in [5, 5.41) is 3.17. The number of carbonyl (C=O) groups is 1. The molecule has 0 aliphatic carbocycles. The van der Waals surface area contributed by atoms with Gasteiger partial charge in [-0.3, -0.25) is 4.79 Å². The highest BCUT2D eigenvalue weighted by Crippen LogP contribution is 2.38. The van der Waals surface area contributed by atoms with Gasteiger partial charge >= 0.3 is 10.1 Å². The Morgan fingerprint density at radius 2 is 1.59 bits per heavy atom. The predicted molar refractivity (Wildman–Crippen MR) is 143 cm³/mol. The molecule has 174 valence electrons. The summed E-state index contributed by atoms with van der Waals surface area (Å²) in [6.45, 7) is 3.85. The van der Waals surface area contributed by atoms with Gasteiger partial charge in [-0.1, -0.05) is 51.3 Å². The zero-order valence-electron chi connectivity index (χ0n) is 18.0. The second-order valence-corrected chi connectivity index (χ2v) is 11.8. The zero-order chi connectivity index (χ0) is 24.5. The average Bonchev–Trinajstić information content (AvgIpc) is 3.11. The van der Waals surface area contributed by atoms with Crippen LogP contribution in [0, 0.1) is 13.8 Å². The minimum Gasteiger partial charge on any atom is -0.377 e. The van der Waals surface area contributed by atoms with Crippen molar-refractivity contribution in [1.82, 2.24) is 5.32 Å². The molecule has 1 saturated heterocycles. The molecular weight excluding hydrogens is 604 g/mol. The first-order valence-corrected chi connectivity index (χ1v) is 13.8. The monoisotopic (exact) mass is 620 g/mol. The lowest BCUT2D eigenvalue weighted by molar-refractivity contribution is -0.115. The third-order valence-corrected chi connectivity index (χ3v) is 7.93. The lowest BCUT2D eigenvalue weighted by Crippen LogP contribution is -2.19. The molecule has 1 aliphatic heterocycles. The number of thioether (sulfide) groups is 1. The molecule has 3 aromatic carbocycles. The topological polar surface area (TPSA) is 84.8 Å². The van der Waals surface area contributed by atoms with Crippen molar-refractivity contribution in [3.63, 3.8) is 0 Å². The van der Waals surface area contributed by atoms with Crippen molar-refractivity contribution in [2.45, 2.75) is 18.7 Å². The Hall–Kier alpha value is -2.40. The van der Waals surface area contributed by atoms with Crippen molar-refractivity contribution in [2.24, 2.45) is 4.99 Å². The van der Waals surface area contributed by atoms with Crippen LogP contribution in [0.15, 0.2) is 84.4 Å². The van der Waals surface area contributed by atoms with E-state index >= 15 is 0 Å². The molecule has 0 unspecified atom stereocenters. The maximum atomic E-state index is 12.9. The van der Waals surface area contributed by atoms with Crippen LogP contribution in [0.3, 0.4) is 0 Å². The summed E-state index contributed by atoms with van der Waals surface area (Å²) in [5.74, 6) is -0.257. The van der Waals surface area contributed by atoms with Crippen LogP contribution in [0.25, 0.3) is 6.08 Å². The Morgan fingerprint density at radius 1 is 0.971 bits per heavy atom. The number of nitrogens with one attached hydrogen (secondary N) is 1. The Balaban J connectivity index is 1.67. The third-order valence-electron chi connectivity index (χ3n) is 4.74. The molecule has 0 spiro atoms. The molecule has 6 nitrogen and oxygen atoms in total. The molecule has 1 amide bonds. The Morgan fingerprint density at radius 3 is 2.24 bits per heavy atom. The summed E-state index contributed by atoms with van der Waals surface area (Å²) in [6, 6.07) is 17.3. The van der Waals surface area contributed by atoms with Crippen molar-refractivity contribution in [3.8, 4) is 5.75 Å². The highest BCUT2D eigenvalue weighted by molar-refractivity contribution is 9.11. The highest BCUT2D eigenvalue weighted by Gasteiger charge is 2.26. The first kappa shape index (κ1) is 24.7. The number of halogens is 2. The van der Waals surface area contributed by atoms with E-state index in [1.807, 2.05) is 38.1 Å². The van der Waals surface area contributed by atoms with Gasteiger partial charge in [0.2, 0.25) is 0 Å². The lowest BCUT2D eigenvalue weighted by atomic mass is 10.2. The number of amidine groups is 1. The number of nitrogens with zero attached hydrogens (tertiary/aromatic N) is 1. The molecule has 1 aliphatic rings. The van der Waals surface area contributed by atoms with Gasteiger partial charge in [0.15, 0.2) is 10.9 Å². The summed E-state index contributed by atoms with van der Waals surface area (Å²) >= 11 is 7.96. The number of amides is 1. The molecule has 0 radical (unpaired) electrons. The van der Waals surface area contributed by atoms with Crippen LogP contribution in [-0.2, 0) is 14.9 Å². The van der Waals surface area contributed by atoms with E-state index in [-0.39, 0.29) is 16.6 Å². The largest absolute Gasteiger partial charge is 0.377 e. The van der Waals surface area contributed by atoms with Gasteiger partial charge in [0, 0.05) is 10.0 Å². The molecule has 0 bridgehead atoms. The Labute approximate surface area is 218 Å². The number of benzene rings is 3. The minimum absolute atomic E-state index is 0.0343. The normalized spacial score (nSPS) is 16.2. The lowest BCUT2D eigenvalue weighted by Gasteiger charge is -2.12. The van der Waals surface area contributed by atoms with Crippen molar-refractivity contribution in [1.29, 1.82) is 0 Å². The highest BCUT2D eigenvalue weighted by atomic mass is 79.9. The predicted octanol–water partition coefficient (Wildman–Crippen LogP) is 6.49. The first-order valence-electron chi connectivity index (χ1n) is 9.97. The molecular formula is C24H18Br2N2O4S2. The first-order chi connectivity index (χ1) is 16.1. The van der Waals surface area contributed by atoms with Crippen LogP contribution in [0.2, 0.25) is 0 Å². The van der Waals surface area contributed by atoms with Gasteiger partial charge in [0.05, 0.1) is 15.1 Å². The van der Waals surface area contributed by atoms with Crippen molar-refractivity contribution < 1.29 is 17.4 Å². The molecule has 1 N–H and O–H groups in total. The summed E-state index contributed by atoms with van der Waals surface area (Å²) in [7, 11) is -4.10. The molecule has 34 heavy (non-hydrogen) atoms. The standard InChI is InChI=1S/C24H18Br2N2O4S2/c1-14-3-7-18(8-4-14)27-24-28-23(29)21(33-24)12-16-11-17(25)13-20(26)22(16)32-34(30,31)19-9-5-15(2)6-10-19/h3-13H,1-2H3,(H,27,28,29)/b21-12-. The Bertz CT molecular complexity index is 1430. The second-order valence-electron chi connectivity index (χ2n) is 7.47. The number of aryl methyl sites for hydroxylation is 2. The number of carbonyl (C=O) groups excluding carboxylic acids is 1. The SMILES string of the molecule is Cc1ccc(N=C2NC(=O)/C(=C/c3cc(Br)cc(Br)c3OS(=O)(=O)c3ccc(C)cc3)S2)cc1. The average molecular weight is 622 g/mol. The van der Waals surface area contributed by atoms with Crippen LogP contribution in [0.4, 0.5) is 5.69 Å². The second kappa shape index (κ2) is 10.1. The number of aliphatic imine (C=N–C) groups is 1. The van der Waals surface area contributed by atoms with Crippen LogP contribution in [0.5, 0.6) is 5.75 Å². The molecule has 1 fully saturated rings. The molecule has 3 aromatic rings. The van der Waals surface area contributed by atoms with E-state index in [2.05, 4.69) is 42.2 Å². The van der Waals surface area contributed by atoms with E-state index in [4.69, 9.17) is 4.18 Å². The summed E-state index contributed by atoms with van der Waals surface area (Å²) in [5.41, 5.74) is 3.17. The molecule has 10 heteroatoms. The minimum atomic E-state index is -4.10. The fourth-order valence-corrected chi connectivity index (χ4v) is 6.25. The molecule has 4 rings (SSSR count). The number of rotatable bonds is 5. The molecule has 1 heterocycles. The van der Waals surface area contributed by atoms with Crippen LogP contribution >= 0.6 is 43.6 Å². The van der Waals surface area contributed by atoms with Gasteiger partial charge < -0.3 is 9.50 Å². The number of hydrogen-bond donors (Lipinski definition) is 1. The van der Waals surface area contributed by atoms with E-state index in [0.29, 0.717) is 30.3 Å². The van der Waals surface area contributed by atoms with Gasteiger partial charge in [-0.2, -0.15) is 8.42 Å². The van der Waals surface area contributed by atoms with Crippen LogP contribution in [0.1, 0.15) is 16.7 Å². The zero-order valence-corrected chi connectivity index (χ0v) is 22.8. The fourth-order valence-electron chi connectivity index (χ4n) is 3.00. The van der Waals surface area contributed by atoms with E-state index in [0.717, 1.165) is 22.9 Å². The summed E-state index contributed by atoms with van der Waals surface area (Å²) in [6.07, 6.45) is 1.58. The van der Waals surface area contributed by atoms with E-state index in [1.165, 1.54) is 12.1 Å². The van der Waals surface area contributed by atoms with E-state index in [1.54, 1.807) is 30.3 Å². The van der Waals surface area contributed by atoms with E-state index in [9.17, 15) is 13.2 Å². The van der Waals surface area contributed by atoms with E-state index < -0.39 is 10.1 Å². The summed E-state index contributed by atoms with van der Waals surface area (Å²) in [4.78, 5) is 17.4. The maximum Gasteiger partial charge on any atom is 0.339 e. The molecule has 0 atom stereocenters. The number of hydrogen-bond acceptors (Lipinski definition) is 6. The quantitative estimate of drug-likeness (QED) is 0.260. The van der Waals surface area contributed by atoms with Crippen LogP contribution in [-0.4, -0.2) is 19.5 Å². The van der Waals surface area contributed by atoms with Gasteiger partial charge in [0.25, 0.3) is 5.91 Å². The van der Waals surface area contributed by atoms with Crippen LogP contribution < -0.4 is 9.50 Å². The third kappa shape index (κ3) is 5.80. The molecule has 0 saturated carbocycles. The van der Waals surface area contributed by atoms with Crippen molar-refractivity contribution in [3.05, 3.63) is 91.2 Å². The van der Waals surface area contributed by atoms with Crippen molar-refractivity contribution in [2.75, 3.05) is 0 Å². The van der Waals surface area contributed by atoms with Gasteiger partial charge in [-0.05, 0) is 84.0 Å². The van der Waals surface area contributed by atoms with Crippen molar-refractivity contribution >= 4 is 76.6 Å². The fraction of sp³-hybridized carbons (Fsp3) is 0.0833. The van der Waals surface area contributed by atoms with Gasteiger partial charge in [-0.15, -0.1) is 0 Å². The Kier molecular flexibility index (Phi) is 7.32. The van der Waals surface area contributed by atoms with Gasteiger partial charge in [-0.25, -0.2) is 4.99 Å². The van der Waals surface area contributed by atoms with Gasteiger partial charge in [0.1, 0.15) is 4.90 Å². The maximum absolute atomic E-state index is 12.9. The smallest absolute Gasteiger partial charge is 0.339 e.